The van der Waals surface area contributed by atoms with Crippen molar-refractivity contribution in [1.29, 1.82) is 0 Å². The van der Waals surface area contributed by atoms with E-state index in [0.29, 0.717) is 0 Å². The summed E-state index contributed by atoms with van der Waals surface area (Å²) in [7, 11) is 0. The van der Waals surface area contributed by atoms with Gasteiger partial charge >= 0.3 is 0 Å². The number of anilines is 1. The van der Waals surface area contributed by atoms with Crippen LogP contribution in [0.4, 0.5) is 5.69 Å². The van der Waals surface area contributed by atoms with Crippen molar-refractivity contribution >= 4 is 38.0 Å². The first-order chi connectivity index (χ1) is 12.3. The molecule has 4 aromatic carbocycles. The zero-order valence-electron chi connectivity index (χ0n) is 15.1. The van der Waals surface area contributed by atoms with Crippen molar-refractivity contribution < 1.29 is 0 Å². The van der Waals surface area contributed by atoms with Crippen LogP contribution in [-0.4, -0.2) is 0 Å². The first-order valence-corrected chi connectivity index (χ1v) is 9.74. The Labute approximate surface area is 150 Å². The zero-order valence-corrected chi connectivity index (χ0v) is 15.1. The predicted octanol–water partition coefficient (Wildman–Crippen LogP) is 7.07. The Balaban J connectivity index is 1.73. The van der Waals surface area contributed by atoms with Crippen LogP contribution in [0.5, 0.6) is 0 Å². The molecule has 0 fully saturated rings. The maximum absolute atomic E-state index is 6.24. The van der Waals surface area contributed by atoms with E-state index in [-0.39, 0.29) is 0 Å². The van der Waals surface area contributed by atoms with Gasteiger partial charge in [0.25, 0.3) is 0 Å². The van der Waals surface area contributed by atoms with Crippen molar-refractivity contribution in [3.63, 3.8) is 0 Å². The molecule has 4 rings (SSSR count). The topological polar surface area (TPSA) is 26.0 Å². The minimum Gasteiger partial charge on any atom is -0.398 e. The van der Waals surface area contributed by atoms with Crippen molar-refractivity contribution in [2.75, 3.05) is 5.73 Å². The Morgan fingerprint density at radius 1 is 0.720 bits per heavy atom. The van der Waals surface area contributed by atoms with Crippen LogP contribution in [0.25, 0.3) is 32.3 Å². The van der Waals surface area contributed by atoms with Gasteiger partial charge in [-0.05, 0) is 51.4 Å². The monoisotopic (exact) mass is 329 g/mol. The zero-order chi connectivity index (χ0) is 17.2. The van der Waals surface area contributed by atoms with Gasteiger partial charge in [0.05, 0.1) is 0 Å². The Morgan fingerprint density at radius 3 is 2.36 bits per heavy atom. The number of nitrogen functional groups attached to an aromatic ring is 1. The maximum atomic E-state index is 6.24. The molecule has 0 atom stereocenters. The highest BCUT2D eigenvalue weighted by molar-refractivity contribution is 6.25. The number of rotatable bonds is 7. The molecule has 0 aliphatic rings. The summed E-state index contributed by atoms with van der Waals surface area (Å²) in [6, 6.07) is 17.7. The van der Waals surface area contributed by atoms with E-state index in [0.717, 1.165) is 5.69 Å². The van der Waals surface area contributed by atoms with E-state index in [9.17, 15) is 0 Å². The average Bonchev–Trinajstić information content (AvgIpc) is 2.64. The third-order valence-corrected chi connectivity index (χ3v) is 5.56. The SMILES string of the molecule is CCCCCCCCc1cc2ccc(N)c3ccc4cccc1c4c23. The predicted molar refractivity (Wildman–Crippen MR) is 112 cm³/mol. The van der Waals surface area contributed by atoms with Gasteiger partial charge in [-0.25, -0.2) is 0 Å². The van der Waals surface area contributed by atoms with Crippen molar-refractivity contribution in [2.45, 2.75) is 51.9 Å². The van der Waals surface area contributed by atoms with Gasteiger partial charge in [-0.3, -0.25) is 0 Å². The molecule has 128 valence electrons. The molecule has 25 heavy (non-hydrogen) atoms. The smallest absolute Gasteiger partial charge is 0.0394 e. The lowest BCUT2D eigenvalue weighted by Gasteiger charge is -2.15. The summed E-state index contributed by atoms with van der Waals surface area (Å²) in [5.41, 5.74) is 8.61. The molecule has 2 N–H and O–H groups in total. The van der Waals surface area contributed by atoms with Crippen LogP contribution in [-0.2, 0) is 6.42 Å². The van der Waals surface area contributed by atoms with Crippen LogP contribution in [0.1, 0.15) is 51.0 Å². The van der Waals surface area contributed by atoms with Crippen LogP contribution in [0.2, 0.25) is 0 Å². The van der Waals surface area contributed by atoms with Crippen LogP contribution in [0.3, 0.4) is 0 Å². The summed E-state index contributed by atoms with van der Waals surface area (Å²) in [5.74, 6) is 0. The number of unbranched alkanes of at least 4 members (excludes halogenated alkanes) is 5. The van der Waals surface area contributed by atoms with Gasteiger partial charge in [0, 0.05) is 11.1 Å². The highest BCUT2D eigenvalue weighted by atomic mass is 14.5. The largest absolute Gasteiger partial charge is 0.398 e. The number of benzene rings is 4. The van der Waals surface area contributed by atoms with Gasteiger partial charge in [-0.2, -0.15) is 0 Å². The summed E-state index contributed by atoms with van der Waals surface area (Å²) in [5, 5.41) is 7.98. The minimum absolute atomic E-state index is 0.878. The number of hydrogen-bond acceptors (Lipinski definition) is 1. The first kappa shape index (κ1) is 16.2. The van der Waals surface area contributed by atoms with E-state index in [1.165, 1.54) is 82.8 Å². The van der Waals surface area contributed by atoms with Crippen molar-refractivity contribution in [2.24, 2.45) is 0 Å². The van der Waals surface area contributed by atoms with Crippen molar-refractivity contribution in [3.05, 3.63) is 54.1 Å². The standard InChI is InChI=1S/C24H27N/c1-2-3-4-5-6-7-9-18-16-19-13-15-22(25)21-14-12-17-10-8-11-20(18)23(17)24(19)21/h8,10-16H,2-7,9,25H2,1H3. The molecule has 0 spiro atoms. The summed E-state index contributed by atoms with van der Waals surface area (Å²) in [4.78, 5) is 0. The lowest BCUT2D eigenvalue weighted by molar-refractivity contribution is 0.608. The second-order valence-corrected chi connectivity index (χ2v) is 7.32. The second-order valence-electron chi connectivity index (χ2n) is 7.32. The van der Waals surface area contributed by atoms with Gasteiger partial charge in [-0.1, -0.05) is 81.5 Å². The summed E-state index contributed by atoms with van der Waals surface area (Å²) >= 11 is 0. The van der Waals surface area contributed by atoms with E-state index in [4.69, 9.17) is 5.73 Å². The summed E-state index contributed by atoms with van der Waals surface area (Å²) < 4.78 is 0. The van der Waals surface area contributed by atoms with Crippen LogP contribution >= 0.6 is 0 Å². The molecule has 0 unspecified atom stereocenters. The third-order valence-electron chi connectivity index (χ3n) is 5.56. The lowest BCUT2D eigenvalue weighted by atomic mass is 9.89. The van der Waals surface area contributed by atoms with Crippen LogP contribution < -0.4 is 5.73 Å². The van der Waals surface area contributed by atoms with Crippen LogP contribution in [0.15, 0.2) is 48.5 Å². The van der Waals surface area contributed by atoms with Gasteiger partial charge in [-0.15, -0.1) is 0 Å². The van der Waals surface area contributed by atoms with Gasteiger partial charge in [0.1, 0.15) is 0 Å². The molecule has 0 radical (unpaired) electrons. The second kappa shape index (κ2) is 6.92. The number of aryl methyl sites for hydroxylation is 1. The molecule has 0 bridgehead atoms. The molecule has 4 aromatic rings. The fraction of sp³-hybridized carbons (Fsp3) is 0.333. The summed E-state index contributed by atoms with van der Waals surface area (Å²) in [6.45, 7) is 2.28. The molecule has 0 saturated carbocycles. The Bertz CT molecular complexity index is 999. The Kier molecular flexibility index (Phi) is 4.48. The van der Waals surface area contributed by atoms with E-state index >= 15 is 0 Å². The van der Waals surface area contributed by atoms with Crippen molar-refractivity contribution in [3.8, 4) is 0 Å². The van der Waals surface area contributed by atoms with E-state index < -0.39 is 0 Å². The normalized spacial score (nSPS) is 11.9. The number of hydrogen-bond donors (Lipinski definition) is 1. The Hall–Kier alpha value is -2.28. The fourth-order valence-electron chi connectivity index (χ4n) is 4.23. The third kappa shape index (κ3) is 2.93. The highest BCUT2D eigenvalue weighted by Gasteiger charge is 2.12. The lowest BCUT2D eigenvalue weighted by Crippen LogP contribution is -1.94. The van der Waals surface area contributed by atoms with Gasteiger partial charge < -0.3 is 5.73 Å². The van der Waals surface area contributed by atoms with E-state index in [1.807, 2.05) is 0 Å². The highest BCUT2D eigenvalue weighted by Crippen LogP contribution is 2.38. The quantitative estimate of drug-likeness (QED) is 0.219. The molecule has 0 amide bonds. The Morgan fingerprint density at radius 2 is 1.48 bits per heavy atom. The van der Waals surface area contributed by atoms with E-state index in [1.54, 1.807) is 0 Å². The maximum Gasteiger partial charge on any atom is 0.0394 e. The molecular weight excluding hydrogens is 302 g/mol. The van der Waals surface area contributed by atoms with Crippen LogP contribution in [0, 0.1) is 0 Å². The molecule has 1 heteroatoms. The fourth-order valence-corrected chi connectivity index (χ4v) is 4.23. The van der Waals surface area contributed by atoms with E-state index in [2.05, 4.69) is 55.5 Å². The molecule has 0 saturated heterocycles. The molecule has 0 aliphatic heterocycles. The molecule has 1 nitrogen and oxygen atoms in total. The minimum atomic E-state index is 0.878. The van der Waals surface area contributed by atoms with Gasteiger partial charge in [0.2, 0.25) is 0 Å². The molecular formula is C24H27N. The molecule has 0 aliphatic carbocycles. The molecule has 0 aromatic heterocycles. The molecule has 0 heterocycles. The number of nitrogens with two attached hydrogens (primary N) is 1. The first-order valence-electron chi connectivity index (χ1n) is 9.74. The summed E-state index contributed by atoms with van der Waals surface area (Å²) in [6.07, 6.45) is 9.24. The van der Waals surface area contributed by atoms with Crippen molar-refractivity contribution in [1.82, 2.24) is 0 Å². The van der Waals surface area contributed by atoms with Gasteiger partial charge in [0.15, 0.2) is 0 Å². The average molecular weight is 329 g/mol.